The second-order valence-corrected chi connectivity index (χ2v) is 13.2. The third-order valence-electron chi connectivity index (χ3n) is 8.27. The molecular weight excluding hydrogens is 732 g/mol. The number of hydrogen-bond acceptors (Lipinski definition) is 12. The van der Waals surface area contributed by atoms with Gasteiger partial charge in [-0.3, -0.25) is 24.1 Å². The van der Waals surface area contributed by atoms with Crippen molar-refractivity contribution in [3.05, 3.63) is 129 Å². The average molecular weight is 759 g/mol. The standard InChI is InChI=1S/C37H27ClN2O12S/c38-19-13-24(30(43)21-9-4-5-12-26(21)41)33(46)25(14-19)32(45)22-10-6-11-23(31(22)44)37(50)52-15-18-17-53-35-28(34(47)40(35)29(18)36(48)49)39-27(42)16-51-20-7-2-1-3-8-20/h1-14,28,35,41,44,46H,15-17H2,(H,39,42)(H,48,49)/t28?,35-/m0/s1. The lowest BCUT2D eigenvalue weighted by Crippen LogP contribution is -2.71. The van der Waals surface area contributed by atoms with Gasteiger partial charge >= 0.3 is 11.9 Å². The molecule has 1 unspecified atom stereocenters. The molecule has 4 aromatic carbocycles. The molecule has 6 rings (SSSR count). The highest BCUT2D eigenvalue weighted by molar-refractivity contribution is 8.00. The van der Waals surface area contributed by atoms with Crippen LogP contribution < -0.4 is 10.1 Å². The number of ether oxygens (including phenoxy) is 2. The molecule has 14 nitrogen and oxygen atoms in total. The second kappa shape index (κ2) is 15.1. The molecule has 2 aliphatic heterocycles. The molecule has 0 aliphatic carbocycles. The van der Waals surface area contributed by atoms with Crippen molar-refractivity contribution in [2.75, 3.05) is 19.0 Å². The number of aromatic hydroxyl groups is 3. The van der Waals surface area contributed by atoms with E-state index in [1.807, 2.05) is 0 Å². The van der Waals surface area contributed by atoms with Gasteiger partial charge in [-0.05, 0) is 48.5 Å². The number of ketones is 2. The van der Waals surface area contributed by atoms with Crippen LogP contribution in [0.5, 0.6) is 23.0 Å². The monoisotopic (exact) mass is 758 g/mol. The molecular formula is C37H27ClN2O12S. The van der Waals surface area contributed by atoms with E-state index in [1.165, 1.54) is 30.3 Å². The van der Waals surface area contributed by atoms with Crippen LogP contribution in [0, 0.1) is 0 Å². The molecule has 0 saturated carbocycles. The normalized spacial score (nSPS) is 16.2. The van der Waals surface area contributed by atoms with E-state index >= 15 is 0 Å². The first-order valence-corrected chi connectivity index (χ1v) is 17.1. The highest BCUT2D eigenvalue weighted by Crippen LogP contribution is 2.41. The van der Waals surface area contributed by atoms with Crippen LogP contribution in [0.4, 0.5) is 0 Å². The molecule has 270 valence electrons. The predicted molar refractivity (Wildman–Crippen MR) is 188 cm³/mol. The lowest BCUT2D eigenvalue weighted by Gasteiger charge is -2.49. The lowest BCUT2D eigenvalue weighted by molar-refractivity contribution is -0.151. The van der Waals surface area contributed by atoms with Gasteiger partial charge in [0.1, 0.15) is 52.3 Å². The number of aliphatic carboxylic acids is 1. The topological polar surface area (TPSA) is 217 Å². The fraction of sp³-hybridized carbons (Fsp3) is 0.135. The number of β-lactam (4-membered cyclic amide) rings is 1. The van der Waals surface area contributed by atoms with Crippen molar-refractivity contribution in [1.82, 2.24) is 10.2 Å². The number of carboxylic acid groups (broad SMARTS) is 1. The summed E-state index contributed by atoms with van der Waals surface area (Å²) in [5.41, 5.74) is -2.36. The molecule has 5 N–H and O–H groups in total. The van der Waals surface area contributed by atoms with E-state index in [9.17, 15) is 49.2 Å². The molecule has 2 aliphatic rings. The summed E-state index contributed by atoms with van der Waals surface area (Å²) in [5, 5.41) is 43.8. The second-order valence-electron chi connectivity index (χ2n) is 11.6. The Kier molecular flexibility index (Phi) is 10.4. The number of thioether (sulfide) groups is 1. The third-order valence-corrected chi connectivity index (χ3v) is 9.83. The molecule has 2 amide bonds. The molecule has 0 bridgehead atoms. The number of amides is 2. The Balaban J connectivity index is 1.15. The van der Waals surface area contributed by atoms with E-state index in [-0.39, 0.29) is 34.3 Å². The van der Waals surface area contributed by atoms with Crippen LogP contribution >= 0.6 is 23.4 Å². The van der Waals surface area contributed by atoms with Crippen LogP contribution in [0.2, 0.25) is 5.02 Å². The van der Waals surface area contributed by atoms with Crippen molar-refractivity contribution >= 4 is 58.7 Å². The molecule has 1 saturated heterocycles. The lowest BCUT2D eigenvalue weighted by atomic mass is 9.94. The minimum atomic E-state index is -1.47. The maximum Gasteiger partial charge on any atom is 0.352 e. The van der Waals surface area contributed by atoms with Crippen molar-refractivity contribution in [3.63, 3.8) is 0 Å². The quantitative estimate of drug-likeness (QED) is 0.0788. The Morgan fingerprint density at radius 2 is 1.42 bits per heavy atom. The number of rotatable bonds is 12. The van der Waals surface area contributed by atoms with Crippen molar-refractivity contribution < 1.29 is 58.7 Å². The Morgan fingerprint density at radius 3 is 2.09 bits per heavy atom. The van der Waals surface area contributed by atoms with Crippen LogP contribution in [-0.2, 0) is 19.1 Å². The summed E-state index contributed by atoms with van der Waals surface area (Å²) in [5.74, 6) is -7.28. The van der Waals surface area contributed by atoms with Gasteiger partial charge in [0.25, 0.3) is 11.8 Å². The Labute approximate surface area is 309 Å². The maximum atomic E-state index is 13.6. The fourth-order valence-electron chi connectivity index (χ4n) is 5.70. The number of fused-ring (bicyclic) bond motifs is 1. The van der Waals surface area contributed by atoms with E-state index in [2.05, 4.69) is 5.32 Å². The summed E-state index contributed by atoms with van der Waals surface area (Å²) in [6, 6.07) is 18.8. The number of phenolic OH excluding ortho intramolecular Hbond substituents is 3. The van der Waals surface area contributed by atoms with Crippen molar-refractivity contribution in [3.8, 4) is 23.0 Å². The van der Waals surface area contributed by atoms with Crippen LogP contribution in [0.3, 0.4) is 0 Å². The molecule has 2 heterocycles. The number of carbonyl (C=O) groups excluding carboxylic acids is 5. The Hall–Kier alpha value is -6.32. The minimum absolute atomic E-state index is 0.0105. The summed E-state index contributed by atoms with van der Waals surface area (Å²) in [6.07, 6.45) is 0. The predicted octanol–water partition coefficient (Wildman–Crippen LogP) is 3.89. The van der Waals surface area contributed by atoms with Crippen molar-refractivity contribution in [2.45, 2.75) is 11.4 Å². The van der Waals surface area contributed by atoms with E-state index < -0.39 is 92.8 Å². The van der Waals surface area contributed by atoms with E-state index in [4.69, 9.17) is 21.1 Å². The molecule has 0 aromatic heterocycles. The molecule has 16 heteroatoms. The van der Waals surface area contributed by atoms with Gasteiger partial charge in [0.05, 0.1) is 22.3 Å². The van der Waals surface area contributed by atoms with E-state index in [0.29, 0.717) is 5.75 Å². The zero-order valence-electron chi connectivity index (χ0n) is 27.1. The Bertz CT molecular complexity index is 2220. The largest absolute Gasteiger partial charge is 0.507 e. The van der Waals surface area contributed by atoms with Gasteiger partial charge < -0.3 is 35.2 Å². The van der Waals surface area contributed by atoms with Crippen LogP contribution in [-0.4, -0.2) is 91.0 Å². The third kappa shape index (κ3) is 7.24. The summed E-state index contributed by atoms with van der Waals surface area (Å²) in [7, 11) is 0. The molecule has 0 spiro atoms. The first kappa shape index (κ1) is 36.5. The number of hydrogen-bond donors (Lipinski definition) is 5. The van der Waals surface area contributed by atoms with Crippen LogP contribution in [0.1, 0.15) is 42.2 Å². The number of benzene rings is 4. The molecule has 53 heavy (non-hydrogen) atoms. The number of nitrogens with one attached hydrogen (secondary N) is 1. The van der Waals surface area contributed by atoms with Crippen LogP contribution in [0.25, 0.3) is 0 Å². The zero-order chi connectivity index (χ0) is 38.0. The number of nitrogens with zero attached hydrogens (tertiary/aromatic N) is 1. The summed E-state index contributed by atoms with van der Waals surface area (Å²) < 4.78 is 10.7. The van der Waals surface area contributed by atoms with Gasteiger partial charge in [0, 0.05) is 16.3 Å². The van der Waals surface area contributed by atoms with Crippen molar-refractivity contribution in [1.29, 1.82) is 0 Å². The van der Waals surface area contributed by atoms with E-state index in [0.717, 1.165) is 40.9 Å². The van der Waals surface area contributed by atoms with Gasteiger partial charge in [-0.15, -0.1) is 11.8 Å². The number of phenols is 3. The number of halogens is 1. The molecule has 1 fully saturated rings. The summed E-state index contributed by atoms with van der Waals surface area (Å²) in [4.78, 5) is 78.6. The van der Waals surface area contributed by atoms with Gasteiger partial charge in [0.2, 0.25) is 11.6 Å². The molecule has 4 aromatic rings. The van der Waals surface area contributed by atoms with E-state index in [1.54, 1.807) is 30.3 Å². The zero-order valence-corrected chi connectivity index (χ0v) is 28.7. The fourth-order valence-corrected chi connectivity index (χ4v) is 7.24. The van der Waals surface area contributed by atoms with Gasteiger partial charge in [-0.25, -0.2) is 9.59 Å². The van der Waals surface area contributed by atoms with Gasteiger partial charge in [-0.1, -0.05) is 48.0 Å². The maximum absolute atomic E-state index is 13.6. The first-order valence-electron chi connectivity index (χ1n) is 15.6. The van der Waals surface area contributed by atoms with Gasteiger partial charge in [-0.2, -0.15) is 0 Å². The highest BCUT2D eigenvalue weighted by atomic mass is 35.5. The van der Waals surface area contributed by atoms with Crippen molar-refractivity contribution in [2.24, 2.45) is 0 Å². The number of carboxylic acids is 1. The number of para-hydroxylation sites is 3. The first-order chi connectivity index (χ1) is 25.4. The average Bonchev–Trinajstić information content (AvgIpc) is 3.15. The number of carbonyl (C=O) groups is 6. The smallest absolute Gasteiger partial charge is 0.352 e. The number of esters is 1. The van der Waals surface area contributed by atoms with Gasteiger partial charge in [0.15, 0.2) is 6.61 Å². The molecule has 0 radical (unpaired) electrons. The van der Waals surface area contributed by atoms with Crippen LogP contribution in [0.15, 0.2) is 96.2 Å². The Morgan fingerprint density at radius 1 is 0.811 bits per heavy atom. The SMILES string of the molecule is O=C(COc1ccccc1)NC1C(=O)N2C(C(=O)O)=C(COC(=O)c3cccc(C(=O)c4cc(Cl)cc(C(=O)c5ccccc5O)c4O)c3O)CS[C@@H]12. The summed E-state index contributed by atoms with van der Waals surface area (Å²) >= 11 is 7.32. The summed E-state index contributed by atoms with van der Waals surface area (Å²) in [6.45, 7) is -0.968. The minimum Gasteiger partial charge on any atom is -0.507 e. The molecule has 2 atom stereocenters. The highest BCUT2D eigenvalue weighted by Gasteiger charge is 2.54.